The Labute approximate surface area is 153 Å². The molecule has 3 rings (SSSR count). The molecule has 2 amide bonds. The van der Waals surface area contributed by atoms with Crippen LogP contribution < -0.4 is 5.32 Å². The Morgan fingerprint density at radius 2 is 1.61 bits per heavy atom. The maximum atomic E-state index is 12.6. The van der Waals surface area contributed by atoms with Gasteiger partial charge in [0.25, 0.3) is 0 Å². The van der Waals surface area contributed by atoms with E-state index in [9.17, 15) is 9.59 Å². The summed E-state index contributed by atoms with van der Waals surface area (Å²) in [5.41, 5.74) is 3.34. The fourth-order valence-electron chi connectivity index (χ4n) is 3.34. The zero-order chi connectivity index (χ0) is 16.7. The summed E-state index contributed by atoms with van der Waals surface area (Å²) in [6.07, 6.45) is 1.43. The number of nitrogens with one attached hydrogen (secondary N) is 1. The second kappa shape index (κ2) is 6.55. The van der Waals surface area contributed by atoms with Crippen molar-refractivity contribution in [2.45, 2.75) is 36.3 Å². The molecule has 4 nitrogen and oxygen atoms in total. The monoisotopic (exact) mass is 442 g/mol. The van der Waals surface area contributed by atoms with E-state index in [-0.39, 0.29) is 40.0 Å². The van der Waals surface area contributed by atoms with Gasteiger partial charge in [0, 0.05) is 15.3 Å². The van der Waals surface area contributed by atoms with Gasteiger partial charge in [0.05, 0.1) is 18.5 Å². The van der Waals surface area contributed by atoms with Crippen molar-refractivity contribution in [3.8, 4) is 0 Å². The predicted octanol–water partition coefficient (Wildman–Crippen LogP) is 3.59. The van der Waals surface area contributed by atoms with Crippen LogP contribution in [0.5, 0.6) is 0 Å². The molecule has 0 unspecified atom stereocenters. The van der Waals surface area contributed by atoms with E-state index in [2.05, 4.69) is 44.1 Å². The first-order valence-corrected chi connectivity index (χ1v) is 9.66. The van der Waals surface area contributed by atoms with E-state index >= 15 is 0 Å². The van der Waals surface area contributed by atoms with Crippen LogP contribution in [0.4, 0.5) is 5.69 Å². The molecule has 1 aliphatic carbocycles. The van der Waals surface area contributed by atoms with Crippen molar-refractivity contribution in [2.75, 3.05) is 12.0 Å². The van der Waals surface area contributed by atoms with Gasteiger partial charge in [-0.1, -0.05) is 37.9 Å². The van der Waals surface area contributed by atoms with E-state index < -0.39 is 0 Å². The highest BCUT2D eigenvalue weighted by Gasteiger charge is 2.51. The number of nitrogens with zero attached hydrogens (tertiary/aromatic N) is 1. The maximum absolute atomic E-state index is 12.6. The number of carbonyl (C=O) groups excluding carboxylic acids is 2. The van der Waals surface area contributed by atoms with Crippen LogP contribution >= 0.6 is 31.9 Å². The Morgan fingerprint density at radius 3 is 2.13 bits per heavy atom. The number of halogens is 2. The number of aryl methyl sites for hydroxylation is 2. The number of hydrogen-bond acceptors (Lipinski definition) is 3. The molecule has 124 valence electrons. The quantitative estimate of drug-likeness (QED) is 0.573. The molecule has 0 aromatic heterocycles. The minimum absolute atomic E-state index is 0.0415. The second-order valence-electron chi connectivity index (χ2n) is 6.45. The largest absolute Gasteiger partial charge is 0.367 e. The molecule has 6 heteroatoms. The van der Waals surface area contributed by atoms with E-state index in [1.807, 2.05) is 25.1 Å². The number of fused-ring (bicyclic) bond motifs is 1. The van der Waals surface area contributed by atoms with Gasteiger partial charge in [-0.3, -0.25) is 14.5 Å². The van der Waals surface area contributed by atoms with Crippen molar-refractivity contribution in [2.24, 2.45) is 11.8 Å². The molecule has 0 bridgehead atoms. The predicted molar refractivity (Wildman–Crippen MR) is 97.9 cm³/mol. The van der Waals surface area contributed by atoms with E-state index in [4.69, 9.17) is 0 Å². The number of imide groups is 1. The molecule has 0 spiro atoms. The third-order valence-corrected chi connectivity index (χ3v) is 7.68. The van der Waals surface area contributed by atoms with Crippen LogP contribution in [0, 0.1) is 25.7 Å². The van der Waals surface area contributed by atoms with Gasteiger partial charge >= 0.3 is 0 Å². The van der Waals surface area contributed by atoms with Crippen molar-refractivity contribution in [3.63, 3.8) is 0 Å². The van der Waals surface area contributed by atoms with Crippen LogP contribution in [0.2, 0.25) is 0 Å². The molecule has 1 aliphatic heterocycles. The van der Waals surface area contributed by atoms with E-state index in [1.54, 1.807) is 0 Å². The topological polar surface area (TPSA) is 49.4 Å². The van der Waals surface area contributed by atoms with Gasteiger partial charge in [-0.05, 0) is 49.9 Å². The van der Waals surface area contributed by atoms with Crippen LogP contribution in [0.1, 0.15) is 24.0 Å². The molecule has 1 aromatic carbocycles. The van der Waals surface area contributed by atoms with Crippen molar-refractivity contribution in [1.29, 1.82) is 0 Å². The molecule has 2 aliphatic rings. The van der Waals surface area contributed by atoms with Gasteiger partial charge in [0.2, 0.25) is 11.8 Å². The summed E-state index contributed by atoms with van der Waals surface area (Å²) >= 11 is 7.21. The fourth-order valence-corrected chi connectivity index (χ4v) is 4.58. The van der Waals surface area contributed by atoms with E-state index in [0.29, 0.717) is 12.8 Å². The zero-order valence-electron chi connectivity index (χ0n) is 13.2. The van der Waals surface area contributed by atoms with Crippen LogP contribution in [0.25, 0.3) is 0 Å². The van der Waals surface area contributed by atoms with Crippen molar-refractivity contribution >= 4 is 49.4 Å². The molecule has 1 N–H and O–H groups in total. The highest BCUT2D eigenvalue weighted by atomic mass is 79.9. The average Bonchev–Trinajstić information content (AvgIpc) is 2.73. The molecule has 1 saturated heterocycles. The first-order chi connectivity index (χ1) is 10.9. The summed E-state index contributed by atoms with van der Waals surface area (Å²) in [6, 6.07) is 6.05. The standard InChI is InChI=1S/C17H20Br2N2O2/c1-9-3-4-11(5-10(9)2)20-8-21-16(22)12-6-14(18)15(19)7-13(12)17(21)23/h3-5,12-15,20H,6-8H2,1-2H3/t12-,13+,14+,15-. The van der Waals surface area contributed by atoms with Gasteiger partial charge in [0.1, 0.15) is 0 Å². The molecule has 0 radical (unpaired) electrons. The Morgan fingerprint density at radius 1 is 1.04 bits per heavy atom. The van der Waals surface area contributed by atoms with E-state index in [0.717, 1.165) is 5.69 Å². The van der Waals surface area contributed by atoms with Gasteiger partial charge in [-0.2, -0.15) is 0 Å². The molecule has 1 heterocycles. The highest BCUT2D eigenvalue weighted by molar-refractivity contribution is 9.12. The summed E-state index contributed by atoms with van der Waals surface area (Å²) < 4.78 is 0. The maximum Gasteiger partial charge on any atom is 0.234 e. The minimum atomic E-state index is -0.178. The van der Waals surface area contributed by atoms with Crippen LogP contribution in [-0.2, 0) is 9.59 Å². The first kappa shape index (κ1) is 17.0. The summed E-state index contributed by atoms with van der Waals surface area (Å²) in [4.78, 5) is 27.0. The summed E-state index contributed by atoms with van der Waals surface area (Å²) in [7, 11) is 0. The third kappa shape index (κ3) is 3.20. The van der Waals surface area contributed by atoms with Gasteiger partial charge < -0.3 is 5.32 Å². The lowest BCUT2D eigenvalue weighted by Gasteiger charge is -2.29. The van der Waals surface area contributed by atoms with Crippen molar-refractivity contribution in [3.05, 3.63) is 29.3 Å². The second-order valence-corrected chi connectivity index (χ2v) is 8.81. The highest BCUT2D eigenvalue weighted by Crippen LogP contribution is 2.43. The average molecular weight is 444 g/mol. The van der Waals surface area contributed by atoms with Crippen LogP contribution in [-0.4, -0.2) is 33.0 Å². The third-order valence-electron chi connectivity index (χ3n) is 4.95. The Kier molecular flexibility index (Phi) is 4.83. The number of alkyl halides is 2. The van der Waals surface area contributed by atoms with Gasteiger partial charge in [0.15, 0.2) is 0 Å². The summed E-state index contributed by atoms with van der Waals surface area (Å²) in [6.45, 7) is 4.35. The normalized spacial score (nSPS) is 30.5. The lowest BCUT2D eigenvalue weighted by molar-refractivity contribution is -0.139. The van der Waals surface area contributed by atoms with Crippen molar-refractivity contribution in [1.82, 2.24) is 4.90 Å². The van der Waals surface area contributed by atoms with Crippen LogP contribution in [0.15, 0.2) is 18.2 Å². The fraction of sp³-hybridized carbons (Fsp3) is 0.529. The van der Waals surface area contributed by atoms with Gasteiger partial charge in [-0.25, -0.2) is 0 Å². The number of hydrogen-bond donors (Lipinski definition) is 1. The van der Waals surface area contributed by atoms with E-state index in [1.165, 1.54) is 16.0 Å². The molecular formula is C17H20Br2N2O2. The molecule has 2 fully saturated rings. The Bertz CT molecular complexity index is 621. The number of amides is 2. The molecule has 1 aromatic rings. The zero-order valence-corrected chi connectivity index (χ0v) is 16.4. The number of carbonyl (C=O) groups is 2. The number of likely N-dealkylation sites (tertiary alicyclic amines) is 1. The van der Waals surface area contributed by atoms with Crippen molar-refractivity contribution < 1.29 is 9.59 Å². The SMILES string of the molecule is Cc1ccc(NCN2C(=O)[C@H]3C[C@@H](Br)[C@@H](Br)C[C@H]3C2=O)cc1C. The lowest BCUT2D eigenvalue weighted by atomic mass is 9.81. The van der Waals surface area contributed by atoms with Gasteiger partial charge in [-0.15, -0.1) is 0 Å². The molecular weight excluding hydrogens is 424 g/mol. The first-order valence-electron chi connectivity index (χ1n) is 7.83. The Balaban J connectivity index is 1.70. The smallest absolute Gasteiger partial charge is 0.234 e. The number of anilines is 1. The Hall–Kier alpha value is -0.880. The number of rotatable bonds is 3. The van der Waals surface area contributed by atoms with Crippen LogP contribution in [0.3, 0.4) is 0 Å². The molecule has 1 saturated carbocycles. The lowest BCUT2D eigenvalue weighted by Crippen LogP contribution is -2.35. The summed E-state index contributed by atoms with van der Waals surface area (Å²) in [5, 5.41) is 3.21. The summed E-state index contributed by atoms with van der Waals surface area (Å²) in [5.74, 6) is -0.440. The molecule has 4 atom stereocenters. The number of benzene rings is 1. The minimum Gasteiger partial charge on any atom is -0.367 e. The molecule has 23 heavy (non-hydrogen) atoms.